The highest BCUT2D eigenvalue weighted by atomic mass is 16.2. The van der Waals surface area contributed by atoms with Gasteiger partial charge in [-0.2, -0.15) is 0 Å². The number of primary amides is 1. The van der Waals surface area contributed by atoms with Crippen LogP contribution >= 0.6 is 0 Å². The van der Waals surface area contributed by atoms with Crippen LogP contribution in [0.25, 0.3) is 0 Å². The van der Waals surface area contributed by atoms with Crippen LogP contribution in [0.3, 0.4) is 0 Å². The van der Waals surface area contributed by atoms with Gasteiger partial charge in [0.2, 0.25) is 11.8 Å². The molecule has 6 amide bonds. The lowest BCUT2D eigenvalue weighted by molar-refractivity contribution is -0.141. The van der Waals surface area contributed by atoms with E-state index in [2.05, 4.69) is 16.0 Å². The summed E-state index contributed by atoms with van der Waals surface area (Å²) in [6.45, 7) is 10.6. The Morgan fingerprint density at radius 2 is 1.52 bits per heavy atom. The molecule has 11 heteroatoms. The number of carbonyl (C=O) groups excluding carboxylic acids is 6. The van der Waals surface area contributed by atoms with Gasteiger partial charge in [-0.3, -0.25) is 28.9 Å². The van der Waals surface area contributed by atoms with Crippen molar-refractivity contribution in [1.82, 2.24) is 20.9 Å². The number of rotatable bonds is 12. The van der Waals surface area contributed by atoms with Crippen LogP contribution in [0.2, 0.25) is 0 Å². The van der Waals surface area contributed by atoms with E-state index in [1.54, 1.807) is 27.7 Å². The minimum Gasteiger partial charge on any atom is -0.352 e. The zero-order valence-electron chi connectivity index (χ0n) is 20.3. The molecule has 0 bridgehead atoms. The number of nitrogens with zero attached hydrogens (tertiary/aromatic N) is 1. The fourth-order valence-corrected chi connectivity index (χ4v) is 2.95. The van der Waals surface area contributed by atoms with E-state index in [-0.39, 0.29) is 30.6 Å². The lowest BCUT2D eigenvalue weighted by Crippen LogP contribution is -2.55. The summed E-state index contributed by atoms with van der Waals surface area (Å²) in [5.74, 6) is -3.25. The molecule has 1 heterocycles. The number of hydrogen-bond donors (Lipinski definition) is 4. The van der Waals surface area contributed by atoms with Crippen molar-refractivity contribution < 1.29 is 28.8 Å². The molecule has 2 unspecified atom stereocenters. The van der Waals surface area contributed by atoms with E-state index in [0.29, 0.717) is 6.42 Å². The Bertz CT molecular complexity index is 744. The van der Waals surface area contributed by atoms with E-state index in [1.807, 2.05) is 13.8 Å². The number of hydrogen-bond acceptors (Lipinski definition) is 6. The number of imide groups is 1. The van der Waals surface area contributed by atoms with Gasteiger partial charge in [0.15, 0.2) is 5.78 Å². The third-order valence-electron chi connectivity index (χ3n) is 4.67. The first kappa shape index (κ1) is 29.8. The first-order valence-electron chi connectivity index (χ1n) is 11.1. The van der Waals surface area contributed by atoms with Gasteiger partial charge in [0.05, 0.1) is 6.04 Å². The minimum atomic E-state index is -0.973. The van der Waals surface area contributed by atoms with E-state index < -0.39 is 48.3 Å². The van der Waals surface area contributed by atoms with Gasteiger partial charge in [-0.05, 0) is 18.8 Å². The van der Waals surface area contributed by atoms with Gasteiger partial charge < -0.3 is 21.7 Å². The molecule has 2 atom stereocenters. The number of urea groups is 1. The summed E-state index contributed by atoms with van der Waals surface area (Å²) in [5.41, 5.74) is 5.02. The highest BCUT2D eigenvalue weighted by Crippen LogP contribution is 2.09. The number of nitrogens with one attached hydrogen (secondary N) is 3. The Morgan fingerprint density at radius 1 is 0.970 bits per heavy atom. The highest BCUT2D eigenvalue weighted by Gasteiger charge is 2.31. The SMILES string of the molecule is CC.CC(C)C(=O)C(CCCNC(N)=O)NC(=O)C(NC(=O)CN1C(=O)C=CC1=O)C(C)C. The third-order valence-corrected chi connectivity index (χ3v) is 4.67. The van der Waals surface area contributed by atoms with Crippen molar-refractivity contribution in [2.75, 3.05) is 13.1 Å². The fourth-order valence-electron chi connectivity index (χ4n) is 2.95. The number of carbonyl (C=O) groups is 6. The predicted octanol–water partition coefficient (Wildman–Crippen LogP) is 0.237. The quantitative estimate of drug-likeness (QED) is 0.237. The maximum atomic E-state index is 12.8. The molecule has 0 aliphatic carbocycles. The van der Waals surface area contributed by atoms with Crippen molar-refractivity contribution >= 4 is 35.4 Å². The third kappa shape index (κ3) is 10.3. The molecule has 0 spiro atoms. The Kier molecular flexibility index (Phi) is 13.3. The molecule has 5 N–H and O–H groups in total. The van der Waals surface area contributed by atoms with E-state index in [0.717, 1.165) is 17.1 Å². The molecule has 0 aromatic heterocycles. The zero-order chi connectivity index (χ0) is 25.7. The fraction of sp³-hybridized carbons (Fsp3) is 0.636. The van der Waals surface area contributed by atoms with Crippen LogP contribution in [0, 0.1) is 11.8 Å². The summed E-state index contributed by atoms with van der Waals surface area (Å²) in [7, 11) is 0. The van der Waals surface area contributed by atoms with Gasteiger partial charge in [-0.1, -0.05) is 41.5 Å². The summed E-state index contributed by atoms with van der Waals surface area (Å²) in [6.07, 6.45) is 2.83. The second-order valence-corrected chi connectivity index (χ2v) is 7.94. The van der Waals surface area contributed by atoms with E-state index in [4.69, 9.17) is 5.73 Å². The second kappa shape index (κ2) is 14.8. The van der Waals surface area contributed by atoms with Gasteiger partial charge in [-0.25, -0.2) is 4.79 Å². The Hall–Kier alpha value is -3.24. The van der Waals surface area contributed by atoms with Crippen LogP contribution in [-0.2, 0) is 24.0 Å². The molecule has 1 rings (SSSR count). The van der Waals surface area contributed by atoms with Gasteiger partial charge in [0.25, 0.3) is 11.8 Å². The minimum absolute atomic E-state index is 0.180. The van der Waals surface area contributed by atoms with Crippen molar-refractivity contribution in [3.63, 3.8) is 0 Å². The van der Waals surface area contributed by atoms with E-state index in [1.165, 1.54) is 0 Å². The molecule has 11 nitrogen and oxygen atoms in total. The number of Topliss-reactive ketones (excluding diaryl/α,β-unsaturated/α-hetero) is 1. The lowest BCUT2D eigenvalue weighted by atomic mass is 9.96. The molecule has 0 aromatic rings. The van der Waals surface area contributed by atoms with Crippen LogP contribution in [-0.4, -0.2) is 65.5 Å². The van der Waals surface area contributed by atoms with Gasteiger partial charge in [0.1, 0.15) is 12.6 Å². The average molecular weight is 468 g/mol. The summed E-state index contributed by atoms with van der Waals surface area (Å²) in [6, 6.07) is -2.45. The van der Waals surface area contributed by atoms with Crippen LogP contribution in [0.5, 0.6) is 0 Å². The number of nitrogens with two attached hydrogens (primary N) is 1. The largest absolute Gasteiger partial charge is 0.352 e. The maximum Gasteiger partial charge on any atom is 0.312 e. The van der Waals surface area contributed by atoms with Crippen molar-refractivity contribution in [3.8, 4) is 0 Å². The smallest absolute Gasteiger partial charge is 0.312 e. The Morgan fingerprint density at radius 3 is 1.97 bits per heavy atom. The first-order chi connectivity index (χ1) is 15.4. The van der Waals surface area contributed by atoms with Crippen molar-refractivity contribution in [3.05, 3.63) is 12.2 Å². The molecule has 0 saturated carbocycles. The summed E-state index contributed by atoms with van der Waals surface area (Å²) >= 11 is 0. The van der Waals surface area contributed by atoms with Crippen LogP contribution < -0.4 is 21.7 Å². The number of amides is 6. The van der Waals surface area contributed by atoms with Crippen LogP contribution in [0.15, 0.2) is 12.2 Å². The Balaban J connectivity index is 0.00000497. The number of ketones is 1. The van der Waals surface area contributed by atoms with Crippen molar-refractivity contribution in [2.24, 2.45) is 17.6 Å². The summed E-state index contributed by atoms with van der Waals surface area (Å²) in [4.78, 5) is 72.5. The second-order valence-electron chi connectivity index (χ2n) is 7.94. The molecule has 0 radical (unpaired) electrons. The molecule has 0 fully saturated rings. The van der Waals surface area contributed by atoms with E-state index >= 15 is 0 Å². The summed E-state index contributed by atoms with van der Waals surface area (Å²) < 4.78 is 0. The molecule has 0 aromatic carbocycles. The highest BCUT2D eigenvalue weighted by molar-refractivity contribution is 6.14. The van der Waals surface area contributed by atoms with Gasteiger partial charge in [-0.15, -0.1) is 0 Å². The summed E-state index contributed by atoms with van der Waals surface area (Å²) in [5, 5.41) is 7.63. The lowest BCUT2D eigenvalue weighted by Gasteiger charge is -2.26. The molecule has 1 aliphatic heterocycles. The van der Waals surface area contributed by atoms with Crippen LogP contribution in [0.1, 0.15) is 54.4 Å². The van der Waals surface area contributed by atoms with Crippen LogP contribution in [0.4, 0.5) is 4.79 Å². The Labute approximate surface area is 194 Å². The molecule has 1 aliphatic rings. The van der Waals surface area contributed by atoms with Crippen molar-refractivity contribution in [1.29, 1.82) is 0 Å². The molecule has 33 heavy (non-hydrogen) atoms. The predicted molar refractivity (Wildman–Crippen MR) is 123 cm³/mol. The van der Waals surface area contributed by atoms with Gasteiger partial charge >= 0.3 is 6.03 Å². The monoisotopic (exact) mass is 467 g/mol. The molecular formula is C22H37N5O6. The first-order valence-corrected chi connectivity index (χ1v) is 11.1. The zero-order valence-corrected chi connectivity index (χ0v) is 20.3. The van der Waals surface area contributed by atoms with E-state index in [9.17, 15) is 28.8 Å². The van der Waals surface area contributed by atoms with Crippen molar-refractivity contribution in [2.45, 2.75) is 66.5 Å². The molecule has 0 saturated heterocycles. The normalized spacial score (nSPS) is 14.5. The molecular weight excluding hydrogens is 430 g/mol. The topological polar surface area (TPSA) is 168 Å². The average Bonchev–Trinajstić information content (AvgIpc) is 3.06. The van der Waals surface area contributed by atoms with Gasteiger partial charge in [0, 0.05) is 24.6 Å². The molecule has 186 valence electrons. The standard InChI is InChI=1S/C20H31N5O6.C2H6/c1-11(2)17(24-14(26)10-25-15(27)7-8-16(25)28)19(30)23-13(18(29)12(3)4)6-5-9-22-20(21)31;1-2/h7-8,11-13,17H,5-6,9-10H2,1-4H3,(H,23,30)(H,24,26)(H3,21,22,31);1-2H3. The maximum absolute atomic E-state index is 12.8.